The number of unbranched alkanes of at least 4 members (excludes halogenated alkanes) is 3. The molecule has 0 spiro atoms. The van der Waals surface area contributed by atoms with Gasteiger partial charge in [-0.15, -0.1) is 0 Å². The molecule has 0 saturated heterocycles. The first-order valence-corrected chi connectivity index (χ1v) is 24.3. The average molecular weight is 676 g/mol. The number of allylic oxidation sites excluding steroid dienone is 3. The molecule has 0 fully saturated rings. The average Bonchev–Trinajstić information content (AvgIpc) is 3.07. The molecule has 0 N–H and O–H groups in total. The Kier molecular flexibility index (Phi) is 13.9. The molecule has 4 rings (SSSR count). The van der Waals surface area contributed by atoms with Crippen LogP contribution < -0.4 is 0 Å². The Morgan fingerprint density at radius 2 is 0.930 bits per heavy atom. The van der Waals surface area contributed by atoms with E-state index in [0.29, 0.717) is 0 Å². The number of rotatable bonds is 17. The van der Waals surface area contributed by atoms with E-state index in [4.69, 9.17) is 0 Å². The first-order valence-electron chi connectivity index (χ1n) is 16.8. The molecule has 0 aliphatic rings. The van der Waals surface area contributed by atoms with Gasteiger partial charge in [0, 0.05) is 0 Å². The summed E-state index contributed by atoms with van der Waals surface area (Å²) >= 11 is -2.94. The Balaban J connectivity index is 2.08. The van der Waals surface area contributed by atoms with E-state index >= 15 is 0 Å². The fourth-order valence-electron chi connectivity index (χ4n) is 6.59. The van der Waals surface area contributed by atoms with E-state index in [1.165, 1.54) is 79.7 Å². The molecule has 4 aromatic carbocycles. The predicted molar refractivity (Wildman–Crippen MR) is 193 cm³/mol. The van der Waals surface area contributed by atoms with Gasteiger partial charge in [0.15, 0.2) is 0 Å². The fourth-order valence-corrected chi connectivity index (χ4v) is 23.7. The van der Waals surface area contributed by atoms with E-state index in [9.17, 15) is 0 Å². The van der Waals surface area contributed by atoms with Crippen LogP contribution in [0.15, 0.2) is 130 Å². The monoisotopic (exact) mass is 676 g/mol. The van der Waals surface area contributed by atoms with Crippen LogP contribution in [0.1, 0.15) is 81.5 Å². The molecule has 0 unspecified atom stereocenters. The molecule has 0 nitrogen and oxygen atoms in total. The molecule has 43 heavy (non-hydrogen) atoms. The van der Waals surface area contributed by atoms with E-state index in [1.54, 1.807) is 9.16 Å². The topological polar surface area (TPSA) is 0 Å². The molecule has 0 saturated carbocycles. The SMILES string of the molecule is CCC[CH2][Sn]([CH2]CCC)([CH2]CCC)[C](=C/c1ccccc1)/C(Cc1ccccc1)=C(\Cc1ccccc1)c1ccccc1. The number of hydrogen-bond donors (Lipinski definition) is 0. The standard InChI is InChI=1S/C30H25.3C4H9.Sn/c1-5-13-25(14-6-1)21-22-29(23-26-15-7-2-8-16-26)30(28-19-11-4-12-20-28)24-27-17-9-3-10-18-27;3*1-3-4-2;/h1-21H,23-24H2;3*1,3-4H2,2H3;/b22-21?,30-29-;;;;. The van der Waals surface area contributed by atoms with Crippen molar-refractivity contribution in [2.24, 2.45) is 0 Å². The summed E-state index contributed by atoms with van der Waals surface area (Å²) in [6.45, 7) is 7.17. The van der Waals surface area contributed by atoms with Crippen molar-refractivity contribution in [3.8, 4) is 0 Å². The molecule has 4 aromatic rings. The second-order valence-corrected chi connectivity index (χ2v) is 25.3. The molecule has 0 aromatic heterocycles. The maximum atomic E-state index is 2.68. The summed E-state index contributed by atoms with van der Waals surface area (Å²) in [5.74, 6) is 0. The van der Waals surface area contributed by atoms with Crippen LogP contribution in [-0.4, -0.2) is 18.4 Å². The second-order valence-electron chi connectivity index (χ2n) is 12.2. The Morgan fingerprint density at radius 1 is 0.512 bits per heavy atom. The normalized spacial score (nSPS) is 12.7. The summed E-state index contributed by atoms with van der Waals surface area (Å²) in [6, 6.07) is 45.0. The Labute approximate surface area is 266 Å². The van der Waals surface area contributed by atoms with E-state index in [1.807, 2.05) is 0 Å². The second kappa shape index (κ2) is 18.1. The third-order valence-electron chi connectivity index (χ3n) is 8.97. The van der Waals surface area contributed by atoms with Gasteiger partial charge >= 0.3 is 268 Å². The molecule has 0 bridgehead atoms. The van der Waals surface area contributed by atoms with Gasteiger partial charge in [-0.25, -0.2) is 0 Å². The Hall–Kier alpha value is -2.84. The van der Waals surface area contributed by atoms with Crippen LogP contribution in [0.2, 0.25) is 13.3 Å². The molecule has 0 aliphatic carbocycles. The molecule has 1 heteroatoms. The van der Waals surface area contributed by atoms with E-state index in [2.05, 4.69) is 148 Å². The fraction of sp³-hybridized carbons (Fsp3) is 0.333. The summed E-state index contributed by atoms with van der Waals surface area (Å²) in [5, 5.41) is 0. The van der Waals surface area contributed by atoms with Gasteiger partial charge in [-0.1, -0.05) is 0 Å². The van der Waals surface area contributed by atoms with Crippen LogP contribution in [-0.2, 0) is 12.8 Å². The molecule has 224 valence electrons. The van der Waals surface area contributed by atoms with Crippen LogP contribution in [0.3, 0.4) is 0 Å². The van der Waals surface area contributed by atoms with Crippen molar-refractivity contribution in [1.29, 1.82) is 0 Å². The van der Waals surface area contributed by atoms with Crippen LogP contribution >= 0.6 is 0 Å². The van der Waals surface area contributed by atoms with Crippen molar-refractivity contribution >= 4 is 30.0 Å². The quantitative estimate of drug-likeness (QED) is 0.0772. The van der Waals surface area contributed by atoms with Gasteiger partial charge in [0.1, 0.15) is 0 Å². The van der Waals surface area contributed by atoms with Gasteiger partial charge in [0.2, 0.25) is 0 Å². The molecular weight excluding hydrogens is 623 g/mol. The third-order valence-corrected chi connectivity index (χ3v) is 24.7. The van der Waals surface area contributed by atoms with Crippen LogP contribution in [0.5, 0.6) is 0 Å². The van der Waals surface area contributed by atoms with Gasteiger partial charge in [0.25, 0.3) is 0 Å². The zero-order chi connectivity index (χ0) is 30.2. The molecule has 0 aliphatic heterocycles. The third kappa shape index (κ3) is 9.83. The van der Waals surface area contributed by atoms with E-state index < -0.39 is 18.4 Å². The van der Waals surface area contributed by atoms with Crippen molar-refractivity contribution in [3.05, 3.63) is 153 Å². The predicted octanol–water partition coefficient (Wildman–Crippen LogP) is 12.4. The van der Waals surface area contributed by atoms with E-state index in [-0.39, 0.29) is 0 Å². The van der Waals surface area contributed by atoms with Crippen molar-refractivity contribution in [2.45, 2.75) is 85.4 Å². The van der Waals surface area contributed by atoms with Crippen LogP contribution in [0, 0.1) is 0 Å². The minimum absolute atomic E-state index is 0.955. The molecule has 0 atom stereocenters. The Morgan fingerprint density at radius 3 is 1.40 bits per heavy atom. The maximum absolute atomic E-state index is 2.94. The van der Waals surface area contributed by atoms with Gasteiger partial charge in [-0.05, 0) is 0 Å². The van der Waals surface area contributed by atoms with Crippen molar-refractivity contribution in [1.82, 2.24) is 0 Å². The van der Waals surface area contributed by atoms with Gasteiger partial charge in [0.05, 0.1) is 0 Å². The van der Waals surface area contributed by atoms with E-state index in [0.717, 1.165) is 12.8 Å². The molecule has 0 amide bonds. The first kappa shape index (κ1) is 33.1. The first-order chi connectivity index (χ1) is 21.2. The zero-order valence-corrected chi connectivity index (χ0v) is 29.8. The summed E-state index contributed by atoms with van der Waals surface area (Å²) in [7, 11) is 0. The molecule has 0 radical (unpaired) electrons. The van der Waals surface area contributed by atoms with Crippen molar-refractivity contribution < 1.29 is 0 Å². The van der Waals surface area contributed by atoms with Gasteiger partial charge in [-0.3, -0.25) is 0 Å². The Bertz CT molecular complexity index is 1360. The minimum atomic E-state index is -2.94. The zero-order valence-electron chi connectivity index (χ0n) is 26.9. The summed E-state index contributed by atoms with van der Waals surface area (Å²) in [6.07, 6.45) is 12.5. The van der Waals surface area contributed by atoms with Crippen LogP contribution in [0.4, 0.5) is 0 Å². The van der Waals surface area contributed by atoms with Gasteiger partial charge in [-0.2, -0.15) is 0 Å². The number of benzene rings is 4. The molecule has 0 heterocycles. The van der Waals surface area contributed by atoms with Crippen LogP contribution in [0.25, 0.3) is 11.6 Å². The molecular formula is C42H52Sn. The van der Waals surface area contributed by atoms with Gasteiger partial charge < -0.3 is 0 Å². The summed E-state index contributed by atoms with van der Waals surface area (Å²) in [5.41, 5.74) is 8.67. The van der Waals surface area contributed by atoms with Crippen molar-refractivity contribution in [3.63, 3.8) is 0 Å². The summed E-state index contributed by atoms with van der Waals surface area (Å²) in [4.78, 5) is 0. The van der Waals surface area contributed by atoms with Crippen molar-refractivity contribution in [2.75, 3.05) is 0 Å². The number of hydrogen-bond acceptors (Lipinski definition) is 0. The summed E-state index contributed by atoms with van der Waals surface area (Å²) < 4.78 is 6.15.